The number of benzene rings is 4. The van der Waals surface area contributed by atoms with Gasteiger partial charge >= 0.3 is 11.9 Å². The minimum atomic E-state index is -1.91. The average molecular weight is 1280 g/mol. The SMILES string of the molecule is COc1ccc(C[C@]2(OC(=O)C(=O)O[C@@]3(Cc4ccc(OC)c(OC)c4)NCCc4cc(CC(OC)(C(N)=O)C(C)(C)C)c(CC(OC)(C(N)=O)C(C)(C)C)cc43)NCCc3cc(CC(OC)(C(N)=O)C(C)(C)C)c(CC(OC)(C(N)=O)C(C)(C)C)cc32)cc1OC. The molecule has 92 heavy (non-hydrogen) atoms. The number of rotatable bonds is 26. The van der Waals surface area contributed by atoms with E-state index in [2.05, 4.69) is 10.6 Å². The Morgan fingerprint density at radius 3 is 0.880 bits per heavy atom. The summed E-state index contributed by atoms with van der Waals surface area (Å²) in [7, 11) is 11.6. The second-order valence-corrected chi connectivity index (χ2v) is 28.4. The molecule has 4 aromatic rings. The first-order valence-electron chi connectivity index (χ1n) is 30.8. The summed E-state index contributed by atoms with van der Waals surface area (Å²) in [6.45, 7) is 22.4. The third-order valence-electron chi connectivity index (χ3n) is 19.4. The van der Waals surface area contributed by atoms with E-state index in [1.807, 2.05) is 95.2 Å². The molecule has 2 aliphatic rings. The lowest BCUT2D eigenvalue weighted by molar-refractivity contribution is -0.193. The van der Waals surface area contributed by atoms with Crippen LogP contribution in [0.3, 0.4) is 0 Å². The number of carbonyl (C=O) groups excluding carboxylic acids is 6. The molecule has 22 nitrogen and oxygen atoms in total. The van der Waals surface area contributed by atoms with Crippen LogP contribution in [0.2, 0.25) is 0 Å². The molecule has 2 heterocycles. The van der Waals surface area contributed by atoms with E-state index in [4.69, 9.17) is 70.3 Å². The molecule has 10 N–H and O–H groups in total. The molecule has 0 saturated heterocycles. The van der Waals surface area contributed by atoms with Crippen LogP contribution in [0, 0.1) is 21.7 Å². The van der Waals surface area contributed by atoms with Gasteiger partial charge in [0.2, 0.25) is 0 Å². The largest absolute Gasteiger partial charge is 0.493 e. The van der Waals surface area contributed by atoms with Gasteiger partial charge in [-0.3, -0.25) is 29.8 Å². The molecular formula is C70H100N6O16. The number of ether oxygens (including phenoxy) is 10. The number of primary amides is 4. The quantitative estimate of drug-likeness (QED) is 0.0291. The smallest absolute Gasteiger partial charge is 0.419 e. The highest BCUT2D eigenvalue weighted by molar-refractivity contribution is 6.30. The zero-order valence-corrected chi connectivity index (χ0v) is 57.7. The first-order valence-corrected chi connectivity index (χ1v) is 30.8. The van der Waals surface area contributed by atoms with E-state index >= 15 is 9.59 Å². The van der Waals surface area contributed by atoms with Crippen LogP contribution in [-0.4, -0.2) is 128 Å². The fraction of sp³-hybridized carbons (Fsp3) is 0.571. The molecule has 0 radical (unpaired) electrons. The Balaban J connectivity index is 1.67. The van der Waals surface area contributed by atoms with Crippen LogP contribution in [-0.2, 0) is 120 Å². The minimum absolute atomic E-state index is 0.0596. The molecule has 0 saturated carbocycles. The third-order valence-corrected chi connectivity index (χ3v) is 19.4. The number of hydrogen-bond acceptors (Lipinski definition) is 18. The Hall–Kier alpha value is -7.34. The highest BCUT2D eigenvalue weighted by atomic mass is 16.6. The Bertz CT molecular complexity index is 3210. The van der Waals surface area contributed by atoms with Gasteiger partial charge in [-0.1, -0.05) is 107 Å². The van der Waals surface area contributed by atoms with Crippen molar-refractivity contribution in [2.75, 3.05) is 70.0 Å². The standard InChI is InChI=1S/C70H100N6O16/c1-61(2,3)65(87-17,57(71)79)37-45-31-43-25-27-75-69(35-41-21-23-51(83-13)53(29-41)85-15,49(43)33-47(45)39-67(89-19,59(73)81)63(7,8)9)91-55(77)56(78)92-70(36-42-22-24-52(84-14)54(30-42)86-16)50-34-48(40-68(90-20,60(74)82)64(10,11)12)46(32-44(50)26-28-76-70)38-66(88-18,58(72)80)62(4,5)6/h21-24,29-34,75-76H,25-28,35-40H2,1-20H3,(H2,71,79)(H2,72,80)(H2,73,81)(H2,74,82)/t65?,66?,67?,68?,69-,70-/m1/s1. The van der Waals surface area contributed by atoms with E-state index in [-0.39, 0.29) is 51.6 Å². The van der Waals surface area contributed by atoms with Crippen LogP contribution >= 0.6 is 0 Å². The molecule has 4 unspecified atom stereocenters. The molecule has 0 bridgehead atoms. The summed E-state index contributed by atoms with van der Waals surface area (Å²) in [4.78, 5) is 86.7. The van der Waals surface area contributed by atoms with Gasteiger partial charge in [-0.25, -0.2) is 9.59 Å². The molecule has 2 aliphatic heterocycles. The fourth-order valence-corrected chi connectivity index (χ4v) is 13.7. The molecule has 4 aromatic carbocycles. The van der Waals surface area contributed by atoms with Crippen molar-refractivity contribution in [3.05, 3.63) is 116 Å². The van der Waals surface area contributed by atoms with Crippen molar-refractivity contribution in [2.45, 2.75) is 168 Å². The molecule has 0 fully saturated rings. The van der Waals surface area contributed by atoms with Gasteiger partial charge < -0.3 is 70.3 Å². The van der Waals surface area contributed by atoms with Crippen molar-refractivity contribution in [3.8, 4) is 23.0 Å². The van der Waals surface area contributed by atoms with Gasteiger partial charge in [-0.2, -0.15) is 0 Å². The second kappa shape index (κ2) is 27.3. The molecule has 6 rings (SSSR count). The molecular weight excluding hydrogens is 1180 g/mol. The van der Waals surface area contributed by atoms with Crippen LogP contribution in [0.25, 0.3) is 0 Å². The Kier molecular flexibility index (Phi) is 21.9. The number of esters is 2. The molecule has 6 atom stereocenters. The maximum atomic E-state index is 15.6. The Labute approximate surface area is 542 Å². The zero-order chi connectivity index (χ0) is 69.2. The van der Waals surface area contributed by atoms with Crippen LogP contribution < -0.4 is 52.5 Å². The maximum Gasteiger partial charge on any atom is 0.419 e. The molecule has 4 amide bonds. The number of nitrogens with one attached hydrogen (secondary N) is 2. The topological polar surface area (TPSA) is 323 Å². The number of nitrogens with two attached hydrogens (primary N) is 4. The van der Waals surface area contributed by atoms with Gasteiger partial charge in [0.25, 0.3) is 23.6 Å². The van der Waals surface area contributed by atoms with Gasteiger partial charge in [-0.15, -0.1) is 0 Å². The average Bonchev–Trinajstić information content (AvgIpc) is 0.742. The first kappa shape index (κ1) is 73.7. The lowest BCUT2D eigenvalue weighted by atomic mass is 9.68. The lowest BCUT2D eigenvalue weighted by Crippen LogP contribution is -2.58. The Morgan fingerprint density at radius 2 is 0.652 bits per heavy atom. The van der Waals surface area contributed by atoms with Crippen LogP contribution in [0.1, 0.15) is 139 Å². The van der Waals surface area contributed by atoms with E-state index in [9.17, 15) is 19.2 Å². The summed E-state index contributed by atoms with van der Waals surface area (Å²) in [5.74, 6) is -4.21. The lowest BCUT2D eigenvalue weighted by Gasteiger charge is -2.45. The zero-order valence-electron chi connectivity index (χ0n) is 57.7. The van der Waals surface area contributed by atoms with E-state index < -0.39 is 91.1 Å². The molecule has 0 aliphatic carbocycles. The van der Waals surface area contributed by atoms with Gasteiger partial charge in [0.05, 0.1) is 28.4 Å². The Morgan fingerprint density at radius 1 is 0.391 bits per heavy atom. The number of fused-ring (bicyclic) bond motifs is 2. The monoisotopic (exact) mass is 1280 g/mol. The highest BCUT2D eigenvalue weighted by Gasteiger charge is 2.55. The normalized spacial score (nSPS) is 19.5. The summed E-state index contributed by atoms with van der Waals surface area (Å²) in [6, 6.07) is 17.8. The molecule has 0 spiro atoms. The maximum absolute atomic E-state index is 15.6. The van der Waals surface area contributed by atoms with Gasteiger partial charge in [-0.05, 0) is 93.7 Å². The van der Waals surface area contributed by atoms with E-state index in [0.717, 1.165) is 0 Å². The van der Waals surface area contributed by atoms with Crippen molar-refractivity contribution in [1.82, 2.24) is 10.6 Å². The summed E-state index contributed by atoms with van der Waals surface area (Å²) in [5.41, 5.74) is 16.6. The van der Waals surface area contributed by atoms with Crippen molar-refractivity contribution in [2.24, 2.45) is 44.6 Å². The van der Waals surface area contributed by atoms with Crippen LogP contribution in [0.5, 0.6) is 23.0 Å². The van der Waals surface area contributed by atoms with Gasteiger partial charge in [0, 0.05) is 113 Å². The van der Waals surface area contributed by atoms with E-state index in [0.29, 0.717) is 91.5 Å². The number of methoxy groups -OCH3 is 8. The van der Waals surface area contributed by atoms with E-state index in [1.165, 1.54) is 56.9 Å². The summed E-state index contributed by atoms with van der Waals surface area (Å²) < 4.78 is 60.9. The summed E-state index contributed by atoms with van der Waals surface area (Å²) in [6.07, 6.45) is 0.0383. The number of hydrogen-bond donors (Lipinski definition) is 6. The van der Waals surface area contributed by atoms with Crippen molar-refractivity contribution in [1.29, 1.82) is 0 Å². The van der Waals surface area contributed by atoms with Crippen molar-refractivity contribution < 1.29 is 76.1 Å². The number of carbonyl (C=O) groups is 6. The van der Waals surface area contributed by atoms with Crippen molar-refractivity contribution >= 4 is 35.6 Å². The number of amides is 4. The van der Waals surface area contributed by atoms with E-state index in [1.54, 1.807) is 48.5 Å². The fourth-order valence-electron chi connectivity index (χ4n) is 13.7. The molecule has 22 heteroatoms. The molecule has 0 aromatic heterocycles. The van der Waals surface area contributed by atoms with Crippen LogP contribution in [0.4, 0.5) is 0 Å². The predicted octanol–water partition coefficient (Wildman–Crippen LogP) is 6.43. The third kappa shape index (κ3) is 13.7. The molecule has 506 valence electrons. The van der Waals surface area contributed by atoms with Gasteiger partial charge in [0.1, 0.15) is 0 Å². The van der Waals surface area contributed by atoms with Crippen molar-refractivity contribution in [3.63, 3.8) is 0 Å². The first-order chi connectivity index (χ1) is 42.7. The van der Waals surface area contributed by atoms with Gasteiger partial charge in [0.15, 0.2) is 56.9 Å². The highest BCUT2D eigenvalue weighted by Crippen LogP contribution is 2.47. The van der Waals surface area contributed by atoms with Crippen LogP contribution in [0.15, 0.2) is 60.7 Å². The summed E-state index contributed by atoms with van der Waals surface area (Å²) >= 11 is 0. The second-order valence-electron chi connectivity index (χ2n) is 28.4. The summed E-state index contributed by atoms with van der Waals surface area (Å²) in [5, 5.41) is 6.97. The predicted molar refractivity (Wildman–Crippen MR) is 347 cm³/mol. The minimum Gasteiger partial charge on any atom is -0.493 e.